The van der Waals surface area contributed by atoms with Crippen molar-refractivity contribution in [1.82, 2.24) is 14.7 Å². The number of carbonyl (C=O) groups is 1. The van der Waals surface area contributed by atoms with Crippen molar-refractivity contribution in [2.45, 2.75) is 63.3 Å². The van der Waals surface area contributed by atoms with Crippen LogP contribution >= 0.6 is 0 Å². The molecule has 4 rings (SSSR count). The van der Waals surface area contributed by atoms with Gasteiger partial charge in [0.05, 0.1) is 19.3 Å². The van der Waals surface area contributed by atoms with E-state index in [0.717, 1.165) is 30.4 Å². The lowest BCUT2D eigenvalue weighted by Crippen LogP contribution is -2.44. The first kappa shape index (κ1) is 21.5. The Labute approximate surface area is 179 Å². The molecule has 2 aliphatic heterocycles. The van der Waals surface area contributed by atoms with Crippen molar-refractivity contribution in [1.29, 1.82) is 0 Å². The normalized spacial score (nSPS) is 23.8. The van der Waals surface area contributed by atoms with Crippen molar-refractivity contribution in [3.05, 3.63) is 41.6 Å². The Morgan fingerprint density at radius 3 is 2.65 bits per heavy atom. The van der Waals surface area contributed by atoms with Crippen LogP contribution in [0.4, 0.5) is 19.0 Å². The number of methoxy groups -OCH3 is 1. The van der Waals surface area contributed by atoms with Crippen LogP contribution in [-0.4, -0.2) is 46.5 Å². The fraction of sp³-hybridized carbons (Fsp3) is 0.545. The van der Waals surface area contributed by atoms with Crippen molar-refractivity contribution >= 4 is 11.7 Å². The molecule has 168 valence electrons. The van der Waals surface area contributed by atoms with Crippen molar-refractivity contribution in [3.8, 4) is 5.75 Å². The lowest BCUT2D eigenvalue weighted by atomic mass is 9.96. The van der Waals surface area contributed by atoms with Crippen molar-refractivity contribution < 1.29 is 22.7 Å². The molecular weight excluding hydrogens is 409 g/mol. The zero-order valence-electron chi connectivity index (χ0n) is 17.7. The molecule has 1 fully saturated rings. The average Bonchev–Trinajstić information content (AvgIpc) is 3.21. The van der Waals surface area contributed by atoms with Crippen LogP contribution in [0.1, 0.15) is 67.0 Å². The molecule has 1 aromatic carbocycles. The molecular formula is C22H27F3N4O2. The van der Waals surface area contributed by atoms with Crippen LogP contribution in [0.2, 0.25) is 0 Å². The number of halogens is 3. The largest absolute Gasteiger partial charge is 0.497 e. The highest BCUT2D eigenvalue weighted by Gasteiger charge is 2.47. The first-order valence-electron chi connectivity index (χ1n) is 10.7. The molecule has 3 atom stereocenters. The molecule has 1 saturated heterocycles. The third-order valence-electron chi connectivity index (χ3n) is 6.35. The fourth-order valence-corrected chi connectivity index (χ4v) is 4.62. The summed E-state index contributed by atoms with van der Waals surface area (Å²) in [5, 5.41) is 7.16. The molecule has 0 bridgehead atoms. The van der Waals surface area contributed by atoms with Crippen molar-refractivity contribution in [2.75, 3.05) is 19.0 Å². The van der Waals surface area contributed by atoms with E-state index in [2.05, 4.69) is 10.4 Å². The Balaban J connectivity index is 1.69. The molecule has 0 unspecified atom stereocenters. The maximum absolute atomic E-state index is 13.9. The van der Waals surface area contributed by atoms with Gasteiger partial charge in [-0.3, -0.25) is 4.79 Å². The Morgan fingerprint density at radius 2 is 2.00 bits per heavy atom. The maximum atomic E-state index is 13.9. The molecule has 0 spiro atoms. The monoisotopic (exact) mass is 436 g/mol. The highest BCUT2D eigenvalue weighted by atomic mass is 19.4. The molecule has 1 N–H and O–H groups in total. The van der Waals surface area contributed by atoms with Crippen LogP contribution in [0.5, 0.6) is 5.75 Å². The summed E-state index contributed by atoms with van der Waals surface area (Å²) in [5.41, 5.74) is 0.901. The molecule has 1 amide bonds. The standard InChI is InChI=1S/C22H27F3N4O2/c1-3-15-6-4-5-11-28(15)21(30)17-13-26-29-19(22(23,24)25)12-18(27-20(17)29)14-7-9-16(31-2)10-8-14/h7-10,13,15,18-19,27H,3-6,11-12H2,1-2H3/t15-,18-,19+/m1/s1. The van der Waals surface area contributed by atoms with Gasteiger partial charge in [0.15, 0.2) is 6.04 Å². The first-order valence-corrected chi connectivity index (χ1v) is 10.7. The van der Waals surface area contributed by atoms with Gasteiger partial charge in [0.25, 0.3) is 5.91 Å². The summed E-state index contributed by atoms with van der Waals surface area (Å²) in [6.45, 7) is 2.65. The second kappa shape index (κ2) is 8.43. The lowest BCUT2D eigenvalue weighted by Gasteiger charge is -2.37. The number of likely N-dealkylation sites (tertiary alicyclic amines) is 1. The summed E-state index contributed by atoms with van der Waals surface area (Å²) in [6.07, 6.45) is 0.285. The number of aromatic nitrogens is 2. The zero-order valence-corrected chi connectivity index (χ0v) is 17.7. The van der Waals surface area contributed by atoms with Crippen molar-refractivity contribution in [2.24, 2.45) is 0 Å². The van der Waals surface area contributed by atoms with E-state index >= 15 is 0 Å². The Morgan fingerprint density at radius 1 is 1.26 bits per heavy atom. The third-order valence-corrected chi connectivity index (χ3v) is 6.35. The van der Waals surface area contributed by atoms with Gasteiger partial charge in [-0.05, 0) is 43.4 Å². The van der Waals surface area contributed by atoms with Gasteiger partial charge in [-0.2, -0.15) is 18.3 Å². The van der Waals surface area contributed by atoms with Crippen molar-refractivity contribution in [3.63, 3.8) is 0 Å². The number of rotatable bonds is 4. The number of alkyl halides is 3. The van der Waals surface area contributed by atoms with Crippen LogP contribution in [-0.2, 0) is 0 Å². The number of nitrogens with one attached hydrogen (secondary N) is 1. The number of amides is 1. The number of fused-ring (bicyclic) bond motifs is 1. The molecule has 2 aliphatic rings. The lowest BCUT2D eigenvalue weighted by molar-refractivity contribution is -0.173. The number of hydrogen-bond donors (Lipinski definition) is 1. The quantitative estimate of drug-likeness (QED) is 0.736. The van der Waals surface area contributed by atoms with E-state index < -0.39 is 18.3 Å². The minimum Gasteiger partial charge on any atom is -0.497 e. The smallest absolute Gasteiger partial charge is 0.410 e. The Bertz CT molecular complexity index is 926. The number of anilines is 1. The highest BCUT2D eigenvalue weighted by Crippen LogP contribution is 2.44. The van der Waals surface area contributed by atoms with Gasteiger partial charge >= 0.3 is 6.18 Å². The number of ether oxygens (including phenoxy) is 1. The van der Waals surface area contributed by atoms with E-state index in [4.69, 9.17) is 4.74 Å². The number of piperidine rings is 1. The van der Waals surface area contributed by atoms with Crippen LogP contribution in [0, 0.1) is 0 Å². The molecule has 2 aromatic rings. The molecule has 31 heavy (non-hydrogen) atoms. The summed E-state index contributed by atoms with van der Waals surface area (Å²) >= 11 is 0. The van der Waals surface area contributed by atoms with Gasteiger partial charge in [0.1, 0.15) is 17.1 Å². The molecule has 9 heteroatoms. The third kappa shape index (κ3) is 4.09. The van der Waals surface area contributed by atoms with Gasteiger partial charge in [0.2, 0.25) is 0 Å². The maximum Gasteiger partial charge on any atom is 0.410 e. The van der Waals surface area contributed by atoms with Crippen LogP contribution < -0.4 is 10.1 Å². The fourth-order valence-electron chi connectivity index (χ4n) is 4.62. The molecule has 0 saturated carbocycles. The molecule has 0 aliphatic carbocycles. The Kier molecular flexibility index (Phi) is 5.85. The van der Waals surface area contributed by atoms with Gasteiger partial charge in [-0.1, -0.05) is 19.1 Å². The first-order chi connectivity index (χ1) is 14.8. The van der Waals surface area contributed by atoms with Crippen LogP contribution in [0.25, 0.3) is 0 Å². The number of benzene rings is 1. The van der Waals surface area contributed by atoms with Gasteiger partial charge in [-0.25, -0.2) is 4.68 Å². The van der Waals surface area contributed by atoms with Gasteiger partial charge in [0, 0.05) is 19.0 Å². The summed E-state index contributed by atoms with van der Waals surface area (Å²) in [7, 11) is 1.54. The SMILES string of the molecule is CC[C@@H]1CCCCN1C(=O)c1cnn2c1N[C@@H](c1ccc(OC)cc1)C[C@H]2C(F)(F)F. The average molecular weight is 436 g/mol. The van der Waals surface area contributed by atoms with Crippen LogP contribution in [0.3, 0.4) is 0 Å². The van der Waals surface area contributed by atoms with Gasteiger partial charge in [-0.15, -0.1) is 0 Å². The van der Waals surface area contributed by atoms with E-state index in [9.17, 15) is 18.0 Å². The molecule has 3 heterocycles. The van der Waals surface area contributed by atoms with Gasteiger partial charge < -0.3 is 15.0 Å². The molecule has 6 nitrogen and oxygen atoms in total. The van der Waals surface area contributed by atoms with Crippen LogP contribution in [0.15, 0.2) is 30.5 Å². The summed E-state index contributed by atoms with van der Waals surface area (Å²) < 4.78 is 47.8. The summed E-state index contributed by atoms with van der Waals surface area (Å²) in [4.78, 5) is 15.1. The predicted octanol–water partition coefficient (Wildman–Crippen LogP) is 4.96. The minimum absolute atomic E-state index is 0.108. The minimum atomic E-state index is -4.48. The molecule has 1 aromatic heterocycles. The van der Waals surface area contributed by atoms with E-state index in [-0.39, 0.29) is 29.8 Å². The molecule has 0 radical (unpaired) electrons. The number of hydrogen-bond acceptors (Lipinski definition) is 4. The second-order valence-electron chi connectivity index (χ2n) is 8.17. The van der Waals surface area contributed by atoms with E-state index in [1.807, 2.05) is 6.92 Å². The number of nitrogens with zero attached hydrogens (tertiary/aromatic N) is 3. The van der Waals surface area contributed by atoms with E-state index in [1.165, 1.54) is 13.3 Å². The second-order valence-corrected chi connectivity index (χ2v) is 8.17. The number of carbonyl (C=O) groups excluding carboxylic acids is 1. The summed E-state index contributed by atoms with van der Waals surface area (Å²) in [5.74, 6) is 0.514. The van der Waals surface area contributed by atoms with E-state index in [0.29, 0.717) is 17.9 Å². The van der Waals surface area contributed by atoms with E-state index in [1.54, 1.807) is 29.2 Å². The topological polar surface area (TPSA) is 59.4 Å². The predicted molar refractivity (Wildman–Crippen MR) is 110 cm³/mol. The summed E-state index contributed by atoms with van der Waals surface area (Å²) in [6, 6.07) is 4.63. The highest BCUT2D eigenvalue weighted by molar-refractivity contribution is 5.99. The Hall–Kier alpha value is -2.71. The zero-order chi connectivity index (χ0) is 22.2.